The van der Waals surface area contributed by atoms with Gasteiger partial charge in [-0.25, -0.2) is 4.98 Å². The highest BCUT2D eigenvalue weighted by Crippen LogP contribution is 2.35. The van der Waals surface area contributed by atoms with E-state index < -0.39 is 0 Å². The molecule has 1 atom stereocenters. The minimum atomic E-state index is -0.290. The van der Waals surface area contributed by atoms with E-state index in [1.165, 1.54) is 0 Å². The van der Waals surface area contributed by atoms with Gasteiger partial charge in [-0.1, -0.05) is 62.4 Å². The van der Waals surface area contributed by atoms with Crippen LogP contribution in [-0.2, 0) is 11.3 Å². The molecule has 3 rings (SSSR count). The molecule has 2 aromatic carbocycles. The summed E-state index contributed by atoms with van der Waals surface area (Å²) in [6, 6.07) is 19.9. The van der Waals surface area contributed by atoms with Crippen molar-refractivity contribution in [2.75, 3.05) is 0 Å². The molecular formula is C21H22N2OS2. The number of benzene rings is 2. The van der Waals surface area contributed by atoms with Gasteiger partial charge in [0.1, 0.15) is 5.25 Å². The molecule has 0 aliphatic heterocycles. The van der Waals surface area contributed by atoms with Crippen molar-refractivity contribution in [3.05, 3.63) is 82.3 Å². The average Bonchev–Trinajstić information content (AvgIpc) is 3.15. The first-order chi connectivity index (χ1) is 12.6. The molecule has 3 aromatic rings. The number of carbonyl (C=O) groups is 1. The Hall–Kier alpha value is -2.11. The van der Waals surface area contributed by atoms with E-state index in [0.717, 1.165) is 21.2 Å². The molecule has 134 valence electrons. The molecule has 0 saturated heterocycles. The lowest BCUT2D eigenvalue weighted by Gasteiger charge is -2.16. The van der Waals surface area contributed by atoms with Crippen LogP contribution in [0.3, 0.4) is 0 Å². The third kappa shape index (κ3) is 4.96. The molecule has 1 heterocycles. The zero-order chi connectivity index (χ0) is 18.4. The van der Waals surface area contributed by atoms with Gasteiger partial charge < -0.3 is 5.32 Å². The predicted octanol–water partition coefficient (Wildman–Crippen LogP) is 5.42. The maximum absolute atomic E-state index is 12.9. The van der Waals surface area contributed by atoms with Crippen molar-refractivity contribution >= 4 is 29.0 Å². The van der Waals surface area contributed by atoms with Crippen molar-refractivity contribution in [1.29, 1.82) is 0 Å². The number of nitrogens with zero attached hydrogens (tertiary/aromatic N) is 1. The number of thioether (sulfide) groups is 1. The number of carbonyl (C=O) groups excluding carboxylic acids is 1. The predicted molar refractivity (Wildman–Crippen MR) is 110 cm³/mol. The van der Waals surface area contributed by atoms with Crippen LogP contribution < -0.4 is 5.32 Å². The Kier molecular flexibility index (Phi) is 6.47. The SMILES string of the molecule is CC(C)c1nc(CNC(=O)C(Sc2ccccc2)c2ccccc2)cs1. The molecule has 0 saturated carbocycles. The van der Waals surface area contributed by atoms with Crippen molar-refractivity contribution in [3.8, 4) is 0 Å². The van der Waals surface area contributed by atoms with Gasteiger partial charge in [0.05, 0.1) is 17.2 Å². The number of nitrogens with one attached hydrogen (secondary N) is 1. The Morgan fingerprint density at radius 2 is 1.73 bits per heavy atom. The smallest absolute Gasteiger partial charge is 0.238 e. The summed E-state index contributed by atoms with van der Waals surface area (Å²) < 4.78 is 0. The van der Waals surface area contributed by atoms with E-state index in [4.69, 9.17) is 0 Å². The van der Waals surface area contributed by atoms with E-state index in [0.29, 0.717) is 12.5 Å². The van der Waals surface area contributed by atoms with Gasteiger partial charge in [-0.3, -0.25) is 4.79 Å². The molecule has 0 aliphatic rings. The first kappa shape index (κ1) is 18.7. The van der Waals surface area contributed by atoms with Gasteiger partial charge in [-0.15, -0.1) is 23.1 Å². The van der Waals surface area contributed by atoms with Gasteiger partial charge in [-0.05, 0) is 17.7 Å². The Balaban J connectivity index is 1.72. The molecule has 0 fully saturated rings. The zero-order valence-electron chi connectivity index (χ0n) is 14.9. The average molecular weight is 383 g/mol. The second kappa shape index (κ2) is 9.01. The first-order valence-electron chi connectivity index (χ1n) is 8.62. The van der Waals surface area contributed by atoms with E-state index in [2.05, 4.69) is 24.1 Å². The summed E-state index contributed by atoms with van der Waals surface area (Å²) in [7, 11) is 0. The van der Waals surface area contributed by atoms with Crippen molar-refractivity contribution in [3.63, 3.8) is 0 Å². The fourth-order valence-corrected chi connectivity index (χ4v) is 4.38. The molecule has 5 heteroatoms. The standard InChI is InChI=1S/C21H22N2OS2/c1-15(2)21-23-17(14-25-21)13-22-20(24)19(16-9-5-3-6-10-16)26-18-11-7-4-8-12-18/h3-12,14-15,19H,13H2,1-2H3,(H,22,24). The quantitative estimate of drug-likeness (QED) is 0.555. The normalized spacial score (nSPS) is 12.1. The third-order valence-corrected chi connectivity index (χ3v) is 6.31. The molecule has 1 amide bonds. The van der Waals surface area contributed by atoms with Gasteiger partial charge in [0, 0.05) is 16.2 Å². The van der Waals surface area contributed by atoms with E-state index >= 15 is 0 Å². The van der Waals surface area contributed by atoms with Crippen LogP contribution in [0.25, 0.3) is 0 Å². The summed E-state index contributed by atoms with van der Waals surface area (Å²) in [5.74, 6) is 0.416. The highest BCUT2D eigenvalue weighted by molar-refractivity contribution is 8.00. The number of hydrogen-bond donors (Lipinski definition) is 1. The van der Waals surface area contributed by atoms with Crippen LogP contribution >= 0.6 is 23.1 Å². The molecule has 0 aliphatic carbocycles. The molecule has 3 nitrogen and oxygen atoms in total. The minimum Gasteiger partial charge on any atom is -0.349 e. The molecule has 1 unspecified atom stereocenters. The molecule has 0 spiro atoms. The van der Waals surface area contributed by atoms with Crippen LogP contribution in [0, 0.1) is 0 Å². The fraction of sp³-hybridized carbons (Fsp3) is 0.238. The molecule has 26 heavy (non-hydrogen) atoms. The third-order valence-electron chi connectivity index (χ3n) is 3.84. The maximum atomic E-state index is 12.9. The summed E-state index contributed by atoms with van der Waals surface area (Å²) in [5, 5.41) is 5.89. The van der Waals surface area contributed by atoms with Crippen molar-refractivity contribution in [2.45, 2.75) is 36.5 Å². The highest BCUT2D eigenvalue weighted by atomic mass is 32.2. The molecule has 0 bridgehead atoms. The second-order valence-electron chi connectivity index (χ2n) is 6.27. The lowest BCUT2D eigenvalue weighted by Crippen LogP contribution is -2.27. The lowest BCUT2D eigenvalue weighted by atomic mass is 10.1. The van der Waals surface area contributed by atoms with Gasteiger partial charge in [0.25, 0.3) is 0 Å². The van der Waals surface area contributed by atoms with Crippen LogP contribution in [-0.4, -0.2) is 10.9 Å². The number of thiazole rings is 1. The Morgan fingerprint density at radius 1 is 1.08 bits per heavy atom. The topological polar surface area (TPSA) is 42.0 Å². The summed E-state index contributed by atoms with van der Waals surface area (Å²) >= 11 is 3.21. The number of aromatic nitrogens is 1. The van der Waals surface area contributed by atoms with Crippen LogP contribution in [0.15, 0.2) is 70.9 Å². The van der Waals surface area contributed by atoms with Gasteiger partial charge in [0.15, 0.2) is 0 Å². The lowest BCUT2D eigenvalue weighted by molar-refractivity contribution is -0.120. The Bertz CT molecular complexity index is 831. The van der Waals surface area contributed by atoms with Crippen molar-refractivity contribution in [2.24, 2.45) is 0 Å². The van der Waals surface area contributed by atoms with Gasteiger partial charge in [0.2, 0.25) is 5.91 Å². The van der Waals surface area contributed by atoms with Crippen LogP contribution in [0.1, 0.15) is 41.3 Å². The summed E-state index contributed by atoms with van der Waals surface area (Å²) in [4.78, 5) is 18.6. The van der Waals surface area contributed by atoms with Crippen LogP contribution in [0.5, 0.6) is 0 Å². The van der Waals surface area contributed by atoms with Crippen molar-refractivity contribution in [1.82, 2.24) is 10.3 Å². The molecule has 0 radical (unpaired) electrons. The van der Waals surface area contributed by atoms with E-state index in [-0.39, 0.29) is 11.2 Å². The number of amides is 1. The van der Waals surface area contributed by atoms with E-state index in [9.17, 15) is 4.79 Å². The van der Waals surface area contributed by atoms with E-state index in [1.807, 2.05) is 66.0 Å². The summed E-state index contributed by atoms with van der Waals surface area (Å²) in [6.07, 6.45) is 0. The van der Waals surface area contributed by atoms with Crippen molar-refractivity contribution < 1.29 is 4.79 Å². The molecule has 1 N–H and O–H groups in total. The summed E-state index contributed by atoms with van der Waals surface area (Å²) in [6.45, 7) is 4.72. The number of rotatable bonds is 7. The highest BCUT2D eigenvalue weighted by Gasteiger charge is 2.22. The largest absolute Gasteiger partial charge is 0.349 e. The summed E-state index contributed by atoms with van der Waals surface area (Å²) in [5.41, 5.74) is 1.92. The van der Waals surface area contributed by atoms with Crippen LogP contribution in [0.2, 0.25) is 0 Å². The van der Waals surface area contributed by atoms with Crippen LogP contribution in [0.4, 0.5) is 0 Å². The molecule has 1 aromatic heterocycles. The zero-order valence-corrected chi connectivity index (χ0v) is 16.5. The monoisotopic (exact) mass is 382 g/mol. The number of hydrogen-bond acceptors (Lipinski definition) is 4. The maximum Gasteiger partial charge on any atom is 0.238 e. The Morgan fingerprint density at radius 3 is 2.35 bits per heavy atom. The first-order valence-corrected chi connectivity index (χ1v) is 10.4. The molecular weight excluding hydrogens is 360 g/mol. The second-order valence-corrected chi connectivity index (χ2v) is 8.34. The fourth-order valence-electron chi connectivity index (χ4n) is 2.48. The minimum absolute atomic E-state index is 0.00384. The van der Waals surface area contributed by atoms with E-state index in [1.54, 1.807) is 23.1 Å². The van der Waals surface area contributed by atoms with Gasteiger partial charge in [-0.2, -0.15) is 0 Å². The van der Waals surface area contributed by atoms with Gasteiger partial charge >= 0.3 is 0 Å². The Labute approximate surface area is 162 Å².